The summed E-state index contributed by atoms with van der Waals surface area (Å²) in [5.41, 5.74) is 7.55. The average molecular weight is 355 g/mol. The van der Waals surface area contributed by atoms with Crippen LogP contribution in [0.2, 0.25) is 0 Å². The van der Waals surface area contributed by atoms with Gasteiger partial charge in [-0.2, -0.15) is 0 Å². The second kappa shape index (κ2) is 8.67. The quantitative estimate of drug-likeness (QED) is 0.542. The van der Waals surface area contributed by atoms with E-state index in [1.165, 1.54) is 0 Å². The number of nitrogens with one attached hydrogen (secondary N) is 2. The van der Waals surface area contributed by atoms with Gasteiger partial charge >= 0.3 is 0 Å². The molecule has 0 aliphatic rings. The Morgan fingerprint density at radius 1 is 1.43 bits per heavy atom. The number of nitrogens with two attached hydrogens (primary N) is 1. The summed E-state index contributed by atoms with van der Waals surface area (Å²) < 4.78 is 0.937. The van der Waals surface area contributed by atoms with E-state index in [4.69, 9.17) is 5.73 Å². The molecule has 0 unspecified atom stereocenters. The molecule has 0 aromatic heterocycles. The molecule has 0 aliphatic carbocycles. The zero-order valence-corrected chi connectivity index (χ0v) is 14.3. The number of hydrogen-bond donors (Lipinski definition) is 3. The fourth-order valence-corrected chi connectivity index (χ4v) is 1.94. The molecule has 0 atom stereocenters. The lowest BCUT2D eigenvalue weighted by molar-refractivity contribution is -0.116. The normalized spacial score (nSPS) is 11.6. The smallest absolute Gasteiger partial charge is 0.226 e. The van der Waals surface area contributed by atoms with Crippen molar-refractivity contribution in [2.24, 2.45) is 16.6 Å². The van der Waals surface area contributed by atoms with Crippen LogP contribution in [0.5, 0.6) is 0 Å². The molecule has 6 heteroatoms. The van der Waals surface area contributed by atoms with Crippen LogP contribution < -0.4 is 16.4 Å². The van der Waals surface area contributed by atoms with E-state index in [1.54, 1.807) is 0 Å². The van der Waals surface area contributed by atoms with Crippen molar-refractivity contribution in [3.8, 4) is 0 Å². The molecule has 0 bridgehead atoms. The van der Waals surface area contributed by atoms with Gasteiger partial charge in [0.2, 0.25) is 5.91 Å². The van der Waals surface area contributed by atoms with Crippen LogP contribution >= 0.6 is 15.9 Å². The lowest BCUT2D eigenvalue weighted by atomic mass is 10.2. The first-order chi connectivity index (χ1) is 9.88. The standard InChI is InChI=1S/C15H23BrN4O/c1-10(2)9-19-15(17)18-7-6-14(21)20-13-8-12(16)5-4-11(13)3/h4-5,8,10H,6-7,9H2,1-3H3,(H,20,21)(H3,17,18,19). The van der Waals surface area contributed by atoms with Crippen LogP contribution in [0.3, 0.4) is 0 Å². The van der Waals surface area contributed by atoms with Crippen molar-refractivity contribution in [3.05, 3.63) is 28.2 Å². The Bertz CT molecular complexity index is 514. The second-order valence-corrected chi connectivity index (χ2v) is 6.22. The van der Waals surface area contributed by atoms with Gasteiger partial charge in [0.15, 0.2) is 5.96 Å². The summed E-state index contributed by atoms with van der Waals surface area (Å²) in [6, 6.07) is 5.78. The Hall–Kier alpha value is -1.56. The van der Waals surface area contributed by atoms with Gasteiger partial charge in [-0.25, -0.2) is 0 Å². The summed E-state index contributed by atoms with van der Waals surface area (Å²) in [7, 11) is 0. The zero-order valence-electron chi connectivity index (χ0n) is 12.7. The van der Waals surface area contributed by atoms with Crippen LogP contribution in [0, 0.1) is 12.8 Å². The van der Waals surface area contributed by atoms with Crippen molar-refractivity contribution in [1.82, 2.24) is 5.32 Å². The van der Waals surface area contributed by atoms with Crippen LogP contribution in [0.1, 0.15) is 25.8 Å². The molecular weight excluding hydrogens is 332 g/mol. The number of nitrogens with zero attached hydrogens (tertiary/aromatic N) is 1. The van der Waals surface area contributed by atoms with E-state index >= 15 is 0 Å². The number of carbonyl (C=O) groups excluding carboxylic acids is 1. The highest BCUT2D eigenvalue weighted by atomic mass is 79.9. The molecule has 1 aromatic rings. The van der Waals surface area contributed by atoms with Gasteiger partial charge in [-0.1, -0.05) is 35.8 Å². The zero-order chi connectivity index (χ0) is 15.8. The number of rotatable bonds is 6. The Morgan fingerprint density at radius 3 is 2.81 bits per heavy atom. The van der Waals surface area contributed by atoms with E-state index in [9.17, 15) is 4.79 Å². The van der Waals surface area contributed by atoms with E-state index in [2.05, 4.69) is 45.4 Å². The highest BCUT2D eigenvalue weighted by molar-refractivity contribution is 9.10. The lowest BCUT2D eigenvalue weighted by Crippen LogP contribution is -2.34. The lowest BCUT2D eigenvalue weighted by Gasteiger charge is -2.10. The Kier molecular flexibility index (Phi) is 7.22. The number of guanidine groups is 1. The molecule has 0 saturated heterocycles. The van der Waals surface area contributed by atoms with Gasteiger partial charge in [-0.05, 0) is 30.5 Å². The molecule has 0 saturated carbocycles. The van der Waals surface area contributed by atoms with E-state index < -0.39 is 0 Å². The van der Waals surface area contributed by atoms with Gasteiger partial charge in [-0.3, -0.25) is 9.79 Å². The van der Waals surface area contributed by atoms with Gasteiger partial charge in [0.05, 0.1) is 0 Å². The number of hydrogen-bond acceptors (Lipinski definition) is 2. The molecule has 0 fully saturated rings. The number of aryl methyl sites for hydroxylation is 1. The molecular formula is C15H23BrN4O. The monoisotopic (exact) mass is 354 g/mol. The molecule has 5 nitrogen and oxygen atoms in total. The van der Waals surface area contributed by atoms with Gasteiger partial charge in [0, 0.05) is 29.7 Å². The number of anilines is 1. The minimum absolute atomic E-state index is 0.0552. The first-order valence-corrected chi connectivity index (χ1v) is 7.77. The van der Waals surface area contributed by atoms with Crippen molar-refractivity contribution in [2.75, 3.05) is 18.4 Å². The molecule has 1 rings (SSSR count). The Labute approximate surface area is 134 Å². The maximum Gasteiger partial charge on any atom is 0.226 e. The SMILES string of the molecule is Cc1ccc(Br)cc1NC(=O)CCNC(N)=NCC(C)C. The number of benzene rings is 1. The van der Waals surface area contributed by atoms with Gasteiger partial charge < -0.3 is 16.4 Å². The Balaban J connectivity index is 2.38. The minimum Gasteiger partial charge on any atom is -0.370 e. The fraction of sp³-hybridized carbons (Fsp3) is 0.467. The minimum atomic E-state index is -0.0552. The van der Waals surface area contributed by atoms with Crippen LogP contribution in [0.4, 0.5) is 5.69 Å². The van der Waals surface area contributed by atoms with Crippen molar-refractivity contribution in [1.29, 1.82) is 0 Å². The summed E-state index contributed by atoms with van der Waals surface area (Å²) in [5, 5.41) is 5.82. The number of halogens is 1. The van der Waals surface area contributed by atoms with E-state index in [0.717, 1.165) is 15.7 Å². The van der Waals surface area contributed by atoms with Gasteiger partial charge in [0.1, 0.15) is 0 Å². The molecule has 4 N–H and O–H groups in total. The molecule has 0 spiro atoms. The highest BCUT2D eigenvalue weighted by Gasteiger charge is 2.05. The number of aliphatic imine (C=N–C) groups is 1. The van der Waals surface area contributed by atoms with E-state index in [-0.39, 0.29) is 5.91 Å². The van der Waals surface area contributed by atoms with Crippen LogP contribution in [0.15, 0.2) is 27.7 Å². The number of amides is 1. The predicted molar refractivity (Wildman–Crippen MR) is 91.5 cm³/mol. The first-order valence-electron chi connectivity index (χ1n) is 6.98. The maximum absolute atomic E-state index is 11.9. The summed E-state index contributed by atoms with van der Waals surface area (Å²) in [5.74, 6) is 0.795. The molecule has 21 heavy (non-hydrogen) atoms. The van der Waals surface area contributed by atoms with Crippen molar-refractivity contribution >= 4 is 33.5 Å². The molecule has 0 heterocycles. The molecule has 1 aromatic carbocycles. The second-order valence-electron chi connectivity index (χ2n) is 5.30. The Morgan fingerprint density at radius 2 is 2.14 bits per heavy atom. The van der Waals surface area contributed by atoms with Crippen LogP contribution in [-0.4, -0.2) is 25.0 Å². The van der Waals surface area contributed by atoms with E-state index in [0.29, 0.717) is 31.4 Å². The van der Waals surface area contributed by atoms with Crippen LogP contribution in [-0.2, 0) is 4.79 Å². The summed E-state index contributed by atoms with van der Waals surface area (Å²) in [6.07, 6.45) is 0.337. The predicted octanol–water partition coefficient (Wildman–Crippen LogP) is 2.65. The largest absolute Gasteiger partial charge is 0.370 e. The van der Waals surface area contributed by atoms with Gasteiger partial charge in [-0.15, -0.1) is 0 Å². The van der Waals surface area contributed by atoms with Crippen molar-refractivity contribution in [2.45, 2.75) is 27.2 Å². The topological polar surface area (TPSA) is 79.5 Å². The summed E-state index contributed by atoms with van der Waals surface area (Å²) in [4.78, 5) is 16.1. The third kappa shape index (κ3) is 7.13. The molecule has 116 valence electrons. The highest BCUT2D eigenvalue weighted by Crippen LogP contribution is 2.20. The van der Waals surface area contributed by atoms with Crippen molar-refractivity contribution in [3.63, 3.8) is 0 Å². The molecule has 0 radical (unpaired) electrons. The summed E-state index contributed by atoms with van der Waals surface area (Å²) >= 11 is 3.39. The van der Waals surface area contributed by atoms with E-state index in [1.807, 2.05) is 25.1 Å². The van der Waals surface area contributed by atoms with Crippen molar-refractivity contribution < 1.29 is 4.79 Å². The third-order valence-corrected chi connectivity index (χ3v) is 3.25. The van der Waals surface area contributed by atoms with Gasteiger partial charge in [0.25, 0.3) is 0 Å². The third-order valence-electron chi connectivity index (χ3n) is 2.76. The molecule has 1 amide bonds. The summed E-state index contributed by atoms with van der Waals surface area (Å²) in [6.45, 7) is 7.25. The van der Waals surface area contributed by atoms with Crippen LogP contribution in [0.25, 0.3) is 0 Å². The number of carbonyl (C=O) groups is 1. The fourth-order valence-electron chi connectivity index (χ4n) is 1.58. The first kappa shape index (κ1) is 17.5. The maximum atomic E-state index is 11.9. The average Bonchev–Trinajstić information content (AvgIpc) is 2.40. The molecule has 0 aliphatic heterocycles.